The first-order valence-electron chi connectivity index (χ1n) is 5.36. The van der Waals surface area contributed by atoms with Gasteiger partial charge in [-0.05, 0) is 27.9 Å². The molecule has 16 heavy (non-hydrogen) atoms. The first-order valence-corrected chi connectivity index (χ1v) is 6.16. The van der Waals surface area contributed by atoms with Gasteiger partial charge in [-0.25, -0.2) is 0 Å². The van der Waals surface area contributed by atoms with E-state index >= 15 is 0 Å². The summed E-state index contributed by atoms with van der Waals surface area (Å²) in [5, 5.41) is 22.2. The molecule has 0 spiro atoms. The van der Waals surface area contributed by atoms with Crippen LogP contribution >= 0.6 is 15.9 Å². The van der Waals surface area contributed by atoms with Gasteiger partial charge in [0, 0.05) is 18.2 Å². The molecule has 1 atom stereocenters. The van der Waals surface area contributed by atoms with Gasteiger partial charge in [-0.2, -0.15) is 0 Å². The second kappa shape index (κ2) is 6.23. The number of para-hydroxylation sites is 1. The van der Waals surface area contributed by atoms with E-state index in [0.29, 0.717) is 16.9 Å². The van der Waals surface area contributed by atoms with Crippen molar-refractivity contribution in [2.45, 2.75) is 26.4 Å². The van der Waals surface area contributed by atoms with Crippen molar-refractivity contribution in [2.75, 3.05) is 6.61 Å². The van der Waals surface area contributed by atoms with E-state index in [9.17, 15) is 5.11 Å². The van der Waals surface area contributed by atoms with E-state index in [1.807, 2.05) is 12.1 Å². The quantitative estimate of drug-likeness (QED) is 0.779. The zero-order chi connectivity index (χ0) is 12.1. The Morgan fingerprint density at radius 2 is 2.06 bits per heavy atom. The molecule has 1 aromatic carbocycles. The van der Waals surface area contributed by atoms with E-state index in [1.165, 1.54) is 0 Å². The Morgan fingerprint density at radius 1 is 1.38 bits per heavy atom. The van der Waals surface area contributed by atoms with E-state index in [4.69, 9.17) is 5.11 Å². The van der Waals surface area contributed by atoms with Crippen LogP contribution in [0.5, 0.6) is 5.75 Å². The zero-order valence-electron chi connectivity index (χ0n) is 9.57. The molecular formula is C12H18BrNO2. The number of phenols is 1. The van der Waals surface area contributed by atoms with E-state index in [1.54, 1.807) is 6.07 Å². The molecule has 0 aromatic heterocycles. The third-order valence-electron chi connectivity index (χ3n) is 2.63. The number of nitrogens with one attached hydrogen (secondary N) is 1. The number of aliphatic hydroxyl groups excluding tert-OH is 1. The van der Waals surface area contributed by atoms with Gasteiger partial charge in [0.2, 0.25) is 0 Å². The molecule has 1 aromatic rings. The first kappa shape index (κ1) is 13.5. The Morgan fingerprint density at radius 3 is 2.62 bits per heavy atom. The fourth-order valence-corrected chi connectivity index (χ4v) is 1.86. The number of benzene rings is 1. The molecule has 90 valence electrons. The number of phenolic OH excluding ortho intramolecular Hbond substituents is 1. The third-order valence-corrected chi connectivity index (χ3v) is 3.27. The molecule has 0 aliphatic heterocycles. The standard InChI is InChI=1S/C12H18BrNO2/c1-8(2)11(7-15)14-6-9-4-3-5-10(13)12(9)16/h3-5,8,11,14-16H,6-7H2,1-2H3/t11-/m1/s1. The van der Waals surface area contributed by atoms with Crippen LogP contribution in [0.2, 0.25) is 0 Å². The minimum atomic E-state index is 0.0541. The van der Waals surface area contributed by atoms with Crippen LogP contribution in [0.25, 0.3) is 0 Å². The molecule has 0 saturated carbocycles. The highest BCUT2D eigenvalue weighted by Gasteiger charge is 2.12. The summed E-state index contributed by atoms with van der Waals surface area (Å²) in [5.74, 6) is 0.620. The molecule has 0 radical (unpaired) electrons. The van der Waals surface area contributed by atoms with E-state index in [-0.39, 0.29) is 18.4 Å². The van der Waals surface area contributed by atoms with Crippen LogP contribution in [0.15, 0.2) is 22.7 Å². The predicted octanol–water partition coefficient (Wildman–Crippen LogP) is 2.26. The van der Waals surface area contributed by atoms with Crippen LogP contribution in [-0.2, 0) is 6.54 Å². The van der Waals surface area contributed by atoms with Crippen molar-refractivity contribution < 1.29 is 10.2 Å². The van der Waals surface area contributed by atoms with Crippen molar-refractivity contribution in [2.24, 2.45) is 5.92 Å². The van der Waals surface area contributed by atoms with Crippen LogP contribution in [0.3, 0.4) is 0 Å². The Hall–Kier alpha value is -0.580. The van der Waals surface area contributed by atoms with Crippen molar-refractivity contribution in [3.05, 3.63) is 28.2 Å². The predicted molar refractivity (Wildman–Crippen MR) is 68.4 cm³/mol. The van der Waals surface area contributed by atoms with E-state index in [0.717, 1.165) is 5.56 Å². The number of rotatable bonds is 5. The highest BCUT2D eigenvalue weighted by Crippen LogP contribution is 2.27. The molecular weight excluding hydrogens is 270 g/mol. The lowest BCUT2D eigenvalue weighted by Crippen LogP contribution is -2.36. The molecule has 0 unspecified atom stereocenters. The summed E-state index contributed by atoms with van der Waals surface area (Å²) in [6, 6.07) is 5.59. The van der Waals surface area contributed by atoms with Gasteiger partial charge in [-0.3, -0.25) is 0 Å². The zero-order valence-corrected chi connectivity index (χ0v) is 11.2. The van der Waals surface area contributed by atoms with Crippen LogP contribution in [0.4, 0.5) is 0 Å². The van der Waals surface area contributed by atoms with Gasteiger partial charge in [-0.1, -0.05) is 26.0 Å². The molecule has 0 amide bonds. The molecule has 0 saturated heterocycles. The normalized spacial score (nSPS) is 13.1. The monoisotopic (exact) mass is 287 g/mol. The van der Waals surface area contributed by atoms with Crippen molar-refractivity contribution >= 4 is 15.9 Å². The molecule has 3 nitrogen and oxygen atoms in total. The Labute approximate surface area is 105 Å². The van der Waals surface area contributed by atoms with Crippen molar-refractivity contribution in [1.29, 1.82) is 0 Å². The summed E-state index contributed by atoms with van der Waals surface area (Å²) in [7, 11) is 0. The molecule has 4 heteroatoms. The van der Waals surface area contributed by atoms with Crippen LogP contribution in [0.1, 0.15) is 19.4 Å². The lowest BCUT2D eigenvalue weighted by molar-refractivity contribution is 0.209. The van der Waals surface area contributed by atoms with E-state index < -0.39 is 0 Å². The minimum Gasteiger partial charge on any atom is -0.506 e. The topological polar surface area (TPSA) is 52.5 Å². The van der Waals surface area contributed by atoms with Gasteiger partial charge in [0.05, 0.1) is 11.1 Å². The number of aromatic hydroxyl groups is 1. The third kappa shape index (κ3) is 3.47. The molecule has 3 N–H and O–H groups in total. The van der Waals surface area contributed by atoms with Gasteiger partial charge < -0.3 is 15.5 Å². The lowest BCUT2D eigenvalue weighted by atomic mass is 10.0. The maximum atomic E-state index is 9.77. The summed E-state index contributed by atoms with van der Waals surface area (Å²) >= 11 is 3.27. The second-order valence-electron chi connectivity index (χ2n) is 4.16. The smallest absolute Gasteiger partial charge is 0.134 e. The SMILES string of the molecule is CC(C)[C@@H](CO)NCc1cccc(Br)c1O. The summed E-state index contributed by atoms with van der Waals surface area (Å²) < 4.78 is 0.692. The fraction of sp³-hybridized carbons (Fsp3) is 0.500. The summed E-state index contributed by atoms with van der Waals surface area (Å²) in [6.07, 6.45) is 0. The summed E-state index contributed by atoms with van der Waals surface area (Å²) in [4.78, 5) is 0. The fourth-order valence-electron chi connectivity index (χ4n) is 1.45. The largest absolute Gasteiger partial charge is 0.506 e. The molecule has 0 aliphatic carbocycles. The van der Waals surface area contributed by atoms with Crippen LogP contribution in [0, 0.1) is 5.92 Å². The van der Waals surface area contributed by atoms with Gasteiger partial charge >= 0.3 is 0 Å². The molecule has 1 rings (SSSR count). The van der Waals surface area contributed by atoms with Crippen LogP contribution in [-0.4, -0.2) is 22.9 Å². The number of aliphatic hydroxyl groups is 1. The van der Waals surface area contributed by atoms with Gasteiger partial charge in [0.25, 0.3) is 0 Å². The van der Waals surface area contributed by atoms with Gasteiger partial charge in [-0.15, -0.1) is 0 Å². The Kier molecular flexibility index (Phi) is 5.25. The summed E-state index contributed by atoms with van der Waals surface area (Å²) in [5.41, 5.74) is 0.827. The Bertz CT molecular complexity index is 342. The number of hydrogen-bond donors (Lipinski definition) is 3. The average molecular weight is 288 g/mol. The maximum absolute atomic E-state index is 9.77. The number of halogens is 1. The average Bonchev–Trinajstić information content (AvgIpc) is 2.24. The highest BCUT2D eigenvalue weighted by molar-refractivity contribution is 9.10. The minimum absolute atomic E-state index is 0.0541. The molecule has 0 fully saturated rings. The van der Waals surface area contributed by atoms with Crippen molar-refractivity contribution in [3.63, 3.8) is 0 Å². The van der Waals surface area contributed by atoms with Crippen molar-refractivity contribution in [3.8, 4) is 5.75 Å². The first-order chi connectivity index (χ1) is 7.56. The number of hydrogen-bond acceptors (Lipinski definition) is 3. The second-order valence-corrected chi connectivity index (χ2v) is 5.02. The highest BCUT2D eigenvalue weighted by atomic mass is 79.9. The van der Waals surface area contributed by atoms with E-state index in [2.05, 4.69) is 35.1 Å². The summed E-state index contributed by atoms with van der Waals surface area (Å²) in [6.45, 7) is 4.75. The van der Waals surface area contributed by atoms with Gasteiger partial charge in [0.1, 0.15) is 5.75 Å². The molecule has 0 bridgehead atoms. The molecule has 0 aliphatic rings. The van der Waals surface area contributed by atoms with Crippen LogP contribution < -0.4 is 5.32 Å². The maximum Gasteiger partial charge on any atom is 0.134 e. The lowest BCUT2D eigenvalue weighted by Gasteiger charge is -2.20. The van der Waals surface area contributed by atoms with Gasteiger partial charge in [0.15, 0.2) is 0 Å². The van der Waals surface area contributed by atoms with Crippen molar-refractivity contribution in [1.82, 2.24) is 5.32 Å². The molecule has 0 heterocycles. The Balaban J connectivity index is 2.64.